The van der Waals surface area contributed by atoms with Gasteiger partial charge in [0, 0.05) is 6.54 Å². The van der Waals surface area contributed by atoms with Crippen LogP contribution < -0.4 is 5.32 Å². The van der Waals surface area contributed by atoms with Crippen LogP contribution in [0.15, 0.2) is 18.2 Å². The van der Waals surface area contributed by atoms with Crippen molar-refractivity contribution in [1.29, 1.82) is 0 Å². The second kappa shape index (κ2) is 10.8. The van der Waals surface area contributed by atoms with Crippen molar-refractivity contribution in [3.05, 3.63) is 35.1 Å². The highest BCUT2D eigenvalue weighted by Gasteiger charge is 1.99. The van der Waals surface area contributed by atoms with Gasteiger partial charge in [0.05, 0.1) is 0 Å². The first-order valence-corrected chi connectivity index (χ1v) is 8.19. The molecule has 1 nitrogen and oxygen atoms in total. The summed E-state index contributed by atoms with van der Waals surface area (Å²) < 4.78 is 13.4. The molecule has 20 heavy (non-hydrogen) atoms. The second-order valence-corrected chi connectivity index (χ2v) is 5.74. The van der Waals surface area contributed by atoms with Gasteiger partial charge in [-0.2, -0.15) is 0 Å². The van der Waals surface area contributed by atoms with Gasteiger partial charge < -0.3 is 5.32 Å². The lowest BCUT2D eigenvalue weighted by Gasteiger charge is -2.06. The van der Waals surface area contributed by atoms with Crippen molar-refractivity contribution < 1.29 is 4.39 Å². The van der Waals surface area contributed by atoms with E-state index in [1.54, 1.807) is 13.0 Å². The minimum Gasteiger partial charge on any atom is -0.313 e. The SMILES string of the molecule is CCCCCCCCCCNCc1ccc(C)c(F)c1. The summed E-state index contributed by atoms with van der Waals surface area (Å²) in [6, 6.07) is 5.48. The number of aryl methyl sites for hydroxylation is 1. The highest BCUT2D eigenvalue weighted by Crippen LogP contribution is 2.10. The molecule has 0 spiro atoms. The summed E-state index contributed by atoms with van der Waals surface area (Å²) >= 11 is 0. The fourth-order valence-electron chi connectivity index (χ4n) is 2.36. The highest BCUT2D eigenvalue weighted by molar-refractivity contribution is 5.23. The van der Waals surface area contributed by atoms with E-state index in [4.69, 9.17) is 0 Å². The Balaban J connectivity index is 1.95. The third-order valence-electron chi connectivity index (χ3n) is 3.77. The van der Waals surface area contributed by atoms with Gasteiger partial charge in [0.1, 0.15) is 5.82 Å². The molecular formula is C18H30FN. The number of unbranched alkanes of at least 4 members (excludes halogenated alkanes) is 7. The quantitative estimate of drug-likeness (QED) is 0.537. The first-order chi connectivity index (χ1) is 9.74. The largest absolute Gasteiger partial charge is 0.313 e. The Morgan fingerprint density at radius 3 is 2.25 bits per heavy atom. The van der Waals surface area contributed by atoms with Crippen molar-refractivity contribution in [2.75, 3.05) is 6.54 Å². The molecule has 1 aromatic carbocycles. The van der Waals surface area contributed by atoms with E-state index in [-0.39, 0.29) is 5.82 Å². The maximum absolute atomic E-state index is 13.4. The van der Waals surface area contributed by atoms with Crippen LogP contribution in [0.1, 0.15) is 69.4 Å². The van der Waals surface area contributed by atoms with Crippen LogP contribution in [-0.4, -0.2) is 6.54 Å². The van der Waals surface area contributed by atoms with E-state index in [9.17, 15) is 4.39 Å². The molecule has 1 rings (SSSR count). The molecule has 0 atom stereocenters. The molecule has 0 amide bonds. The van der Waals surface area contributed by atoms with Crippen LogP contribution in [0.2, 0.25) is 0 Å². The molecule has 1 aromatic rings. The lowest BCUT2D eigenvalue weighted by Crippen LogP contribution is -2.14. The molecule has 0 saturated carbocycles. The summed E-state index contributed by atoms with van der Waals surface area (Å²) in [7, 11) is 0. The molecule has 0 bridgehead atoms. The van der Waals surface area contributed by atoms with Gasteiger partial charge in [-0.05, 0) is 37.1 Å². The molecule has 0 aliphatic carbocycles. The first-order valence-electron chi connectivity index (χ1n) is 8.19. The lowest BCUT2D eigenvalue weighted by molar-refractivity contribution is 0.554. The zero-order valence-electron chi connectivity index (χ0n) is 13.2. The summed E-state index contributed by atoms with van der Waals surface area (Å²) in [6.07, 6.45) is 10.8. The van der Waals surface area contributed by atoms with Gasteiger partial charge in [0.2, 0.25) is 0 Å². The maximum Gasteiger partial charge on any atom is 0.126 e. The van der Waals surface area contributed by atoms with E-state index in [0.717, 1.165) is 24.2 Å². The molecule has 0 saturated heterocycles. The van der Waals surface area contributed by atoms with E-state index in [1.165, 1.54) is 51.4 Å². The Bertz CT molecular complexity index is 362. The number of halogens is 1. The smallest absolute Gasteiger partial charge is 0.126 e. The average Bonchev–Trinajstić information content (AvgIpc) is 2.45. The van der Waals surface area contributed by atoms with Gasteiger partial charge in [-0.25, -0.2) is 4.39 Å². The summed E-state index contributed by atoms with van der Waals surface area (Å²) in [5, 5.41) is 3.39. The molecule has 0 aromatic heterocycles. The minimum atomic E-state index is -0.101. The van der Waals surface area contributed by atoms with Crippen molar-refractivity contribution in [2.24, 2.45) is 0 Å². The zero-order valence-corrected chi connectivity index (χ0v) is 13.2. The van der Waals surface area contributed by atoms with Crippen molar-refractivity contribution in [3.8, 4) is 0 Å². The van der Waals surface area contributed by atoms with Crippen molar-refractivity contribution in [1.82, 2.24) is 5.32 Å². The van der Waals surface area contributed by atoms with Crippen LogP contribution in [0.4, 0.5) is 4.39 Å². The highest BCUT2D eigenvalue weighted by atomic mass is 19.1. The molecule has 2 heteroatoms. The van der Waals surface area contributed by atoms with Gasteiger partial charge in [-0.15, -0.1) is 0 Å². The van der Waals surface area contributed by atoms with Gasteiger partial charge in [-0.3, -0.25) is 0 Å². The first kappa shape index (κ1) is 17.2. The summed E-state index contributed by atoms with van der Waals surface area (Å²) in [5.41, 5.74) is 1.75. The minimum absolute atomic E-state index is 0.101. The third-order valence-corrected chi connectivity index (χ3v) is 3.77. The van der Waals surface area contributed by atoms with Gasteiger partial charge >= 0.3 is 0 Å². The number of nitrogens with one attached hydrogen (secondary N) is 1. The van der Waals surface area contributed by atoms with Crippen molar-refractivity contribution in [3.63, 3.8) is 0 Å². The monoisotopic (exact) mass is 279 g/mol. The van der Waals surface area contributed by atoms with Crippen LogP contribution >= 0.6 is 0 Å². The Labute approximate surface area is 124 Å². The number of rotatable bonds is 11. The van der Waals surface area contributed by atoms with Crippen LogP contribution in [0, 0.1) is 12.7 Å². The zero-order chi connectivity index (χ0) is 14.6. The Morgan fingerprint density at radius 2 is 1.60 bits per heavy atom. The molecule has 114 valence electrons. The second-order valence-electron chi connectivity index (χ2n) is 5.74. The van der Waals surface area contributed by atoms with E-state index >= 15 is 0 Å². The molecule has 0 aliphatic rings. The fraction of sp³-hybridized carbons (Fsp3) is 0.667. The van der Waals surface area contributed by atoms with Gasteiger partial charge in [-0.1, -0.05) is 64.0 Å². The summed E-state index contributed by atoms with van der Waals surface area (Å²) in [4.78, 5) is 0. The normalized spacial score (nSPS) is 10.9. The third kappa shape index (κ3) is 7.64. The topological polar surface area (TPSA) is 12.0 Å². The van der Waals surface area contributed by atoms with Gasteiger partial charge in [0.25, 0.3) is 0 Å². The predicted molar refractivity (Wildman–Crippen MR) is 85.5 cm³/mol. The maximum atomic E-state index is 13.4. The van der Waals surface area contributed by atoms with Crippen molar-refractivity contribution >= 4 is 0 Å². The molecule has 0 aliphatic heterocycles. The van der Waals surface area contributed by atoms with E-state index in [1.807, 2.05) is 12.1 Å². The lowest BCUT2D eigenvalue weighted by atomic mass is 10.1. The van der Waals surface area contributed by atoms with E-state index in [2.05, 4.69) is 12.2 Å². The molecular weight excluding hydrogens is 249 g/mol. The average molecular weight is 279 g/mol. The molecule has 0 heterocycles. The van der Waals surface area contributed by atoms with E-state index in [0.29, 0.717) is 0 Å². The van der Waals surface area contributed by atoms with E-state index < -0.39 is 0 Å². The van der Waals surface area contributed by atoms with Crippen LogP contribution in [0.25, 0.3) is 0 Å². The Morgan fingerprint density at radius 1 is 0.950 bits per heavy atom. The Hall–Kier alpha value is -0.890. The summed E-state index contributed by atoms with van der Waals surface area (Å²) in [5.74, 6) is -0.101. The van der Waals surface area contributed by atoms with Gasteiger partial charge in [0.15, 0.2) is 0 Å². The molecule has 0 radical (unpaired) electrons. The van der Waals surface area contributed by atoms with Crippen LogP contribution in [0.5, 0.6) is 0 Å². The molecule has 0 unspecified atom stereocenters. The standard InChI is InChI=1S/C18H30FN/c1-3-4-5-6-7-8-9-10-13-20-15-17-12-11-16(2)18(19)14-17/h11-12,14,20H,3-10,13,15H2,1-2H3. The fourth-order valence-corrected chi connectivity index (χ4v) is 2.36. The predicted octanol–water partition coefficient (Wildman–Crippen LogP) is 5.36. The van der Waals surface area contributed by atoms with Crippen LogP contribution in [0.3, 0.4) is 0 Å². The van der Waals surface area contributed by atoms with Crippen LogP contribution in [-0.2, 0) is 6.54 Å². The number of hydrogen-bond acceptors (Lipinski definition) is 1. The molecule has 0 fully saturated rings. The number of hydrogen-bond donors (Lipinski definition) is 1. The molecule has 1 N–H and O–H groups in total. The van der Waals surface area contributed by atoms with Crippen molar-refractivity contribution in [2.45, 2.75) is 71.8 Å². The summed E-state index contributed by atoms with van der Waals surface area (Å²) in [6.45, 7) is 5.86. The number of benzene rings is 1. The Kier molecular flexibility index (Phi) is 9.31.